The summed E-state index contributed by atoms with van der Waals surface area (Å²) in [6.45, 7) is 9.78. The number of anilines is 1. The van der Waals surface area contributed by atoms with E-state index in [9.17, 15) is 14.4 Å². The largest absolute Gasteiger partial charge is 0.369 e. The Bertz CT molecular complexity index is 1030. The summed E-state index contributed by atoms with van der Waals surface area (Å²) < 4.78 is 5.92. The van der Waals surface area contributed by atoms with Gasteiger partial charge in [0.1, 0.15) is 12.6 Å². The number of ketones is 1. The van der Waals surface area contributed by atoms with Gasteiger partial charge in [-0.1, -0.05) is 39.5 Å². The minimum atomic E-state index is -0.507. The average molecular weight is 525 g/mol. The molecule has 1 saturated carbocycles. The standard InChI is InChI=1S/C30H44N4O4/c1-3-8-21-18-34(27-25(35)19-38-28(21)27)30(37)26(20-9-6-5-7-10-20)24-17-22(11-12-23(24)29(31)36)33-15-13-32(4-2)14-16-33/h11-12,17,20-21,26-28H,3-10,13-16,18-19H2,1-2H3,(H2,31,36)/t21-,26+,27-,28-/m1/s1. The van der Waals surface area contributed by atoms with Crippen molar-refractivity contribution in [2.24, 2.45) is 17.6 Å². The first-order chi connectivity index (χ1) is 18.4. The number of nitrogens with zero attached hydrogens (tertiary/aromatic N) is 3. The second-order valence-corrected chi connectivity index (χ2v) is 11.7. The highest BCUT2D eigenvalue weighted by atomic mass is 16.5. The van der Waals surface area contributed by atoms with Gasteiger partial charge in [-0.15, -0.1) is 0 Å². The predicted octanol–water partition coefficient (Wildman–Crippen LogP) is 3.19. The van der Waals surface area contributed by atoms with E-state index < -0.39 is 17.9 Å². The van der Waals surface area contributed by atoms with Crippen LogP contribution >= 0.6 is 0 Å². The van der Waals surface area contributed by atoms with Crippen molar-refractivity contribution < 1.29 is 19.1 Å². The number of hydrogen-bond donors (Lipinski definition) is 1. The molecule has 0 aromatic heterocycles. The van der Waals surface area contributed by atoms with Crippen LogP contribution in [0.15, 0.2) is 18.2 Å². The van der Waals surface area contributed by atoms with Crippen LogP contribution in [0.2, 0.25) is 0 Å². The zero-order valence-corrected chi connectivity index (χ0v) is 23.1. The fourth-order valence-corrected chi connectivity index (χ4v) is 7.39. The molecule has 8 heteroatoms. The lowest BCUT2D eigenvalue weighted by molar-refractivity contribution is -0.139. The molecule has 1 aromatic carbocycles. The molecule has 5 rings (SSSR count). The van der Waals surface area contributed by atoms with Gasteiger partial charge in [0.05, 0.1) is 12.0 Å². The maximum Gasteiger partial charge on any atom is 0.249 e. The first kappa shape index (κ1) is 27.1. The Morgan fingerprint density at radius 3 is 2.47 bits per heavy atom. The van der Waals surface area contributed by atoms with Gasteiger partial charge >= 0.3 is 0 Å². The molecule has 1 aromatic rings. The first-order valence-electron chi connectivity index (χ1n) is 14.8. The molecule has 0 unspecified atom stereocenters. The monoisotopic (exact) mass is 524 g/mol. The van der Waals surface area contributed by atoms with Gasteiger partial charge in [0.25, 0.3) is 0 Å². The van der Waals surface area contributed by atoms with Gasteiger partial charge in [-0.05, 0) is 55.5 Å². The summed E-state index contributed by atoms with van der Waals surface area (Å²) in [4.78, 5) is 46.8. The summed E-state index contributed by atoms with van der Waals surface area (Å²) >= 11 is 0. The van der Waals surface area contributed by atoms with Crippen LogP contribution in [0.1, 0.15) is 80.6 Å². The topological polar surface area (TPSA) is 96.2 Å². The Morgan fingerprint density at radius 1 is 1.08 bits per heavy atom. The summed E-state index contributed by atoms with van der Waals surface area (Å²) in [5.41, 5.74) is 8.12. The van der Waals surface area contributed by atoms with Gasteiger partial charge in [0.2, 0.25) is 11.8 Å². The minimum absolute atomic E-state index is 0.00187. The molecule has 0 bridgehead atoms. The van der Waals surface area contributed by atoms with Gasteiger partial charge in [-0.3, -0.25) is 14.4 Å². The zero-order valence-electron chi connectivity index (χ0n) is 23.1. The van der Waals surface area contributed by atoms with E-state index in [2.05, 4.69) is 29.7 Å². The van der Waals surface area contributed by atoms with E-state index in [1.807, 2.05) is 17.0 Å². The van der Waals surface area contributed by atoms with Crippen molar-refractivity contribution >= 4 is 23.3 Å². The van der Waals surface area contributed by atoms with Gasteiger partial charge < -0.3 is 25.2 Å². The summed E-state index contributed by atoms with van der Waals surface area (Å²) in [7, 11) is 0. The van der Waals surface area contributed by atoms with Crippen molar-refractivity contribution in [1.29, 1.82) is 0 Å². The van der Waals surface area contributed by atoms with E-state index in [1.54, 1.807) is 0 Å². The molecule has 0 radical (unpaired) electrons. The maximum absolute atomic E-state index is 14.6. The van der Waals surface area contributed by atoms with E-state index in [1.165, 1.54) is 6.42 Å². The van der Waals surface area contributed by atoms with Crippen molar-refractivity contribution in [3.05, 3.63) is 29.3 Å². The quantitative estimate of drug-likeness (QED) is 0.561. The number of rotatable bonds is 8. The van der Waals surface area contributed by atoms with Gasteiger partial charge in [-0.25, -0.2) is 0 Å². The minimum Gasteiger partial charge on any atom is -0.369 e. The number of benzene rings is 1. The van der Waals surface area contributed by atoms with Gasteiger partial charge in [0, 0.05) is 49.9 Å². The summed E-state index contributed by atoms with van der Waals surface area (Å²) in [6, 6.07) is 5.35. The molecule has 4 atom stereocenters. The number of likely N-dealkylation sites (tertiary alicyclic amines) is 1. The van der Waals surface area contributed by atoms with E-state index in [0.29, 0.717) is 12.1 Å². The second-order valence-electron chi connectivity index (χ2n) is 11.7. The average Bonchev–Trinajstić information content (AvgIpc) is 3.50. The Morgan fingerprint density at radius 2 is 1.82 bits per heavy atom. The van der Waals surface area contributed by atoms with Crippen molar-refractivity contribution in [2.45, 2.75) is 76.9 Å². The van der Waals surface area contributed by atoms with Crippen LogP contribution in [-0.4, -0.2) is 85.4 Å². The third-order valence-electron chi connectivity index (χ3n) is 9.44. The molecule has 3 aliphatic heterocycles. The number of ether oxygens (including phenoxy) is 1. The van der Waals surface area contributed by atoms with Crippen molar-refractivity contribution in [2.75, 3.05) is 50.8 Å². The molecule has 3 saturated heterocycles. The van der Waals surface area contributed by atoms with Gasteiger partial charge in [0.15, 0.2) is 5.78 Å². The number of amides is 2. The number of carbonyl (C=O) groups excluding carboxylic acids is 3. The number of fused-ring (bicyclic) bond motifs is 1. The van der Waals surface area contributed by atoms with Crippen LogP contribution in [0, 0.1) is 11.8 Å². The normalized spacial score (nSPS) is 27.5. The lowest BCUT2D eigenvalue weighted by atomic mass is 9.74. The summed E-state index contributed by atoms with van der Waals surface area (Å²) in [5.74, 6) is -0.711. The predicted molar refractivity (Wildman–Crippen MR) is 147 cm³/mol. The number of likely N-dealkylation sites (N-methyl/N-ethyl adjacent to an activating group) is 1. The number of piperazine rings is 1. The Balaban J connectivity index is 1.52. The molecule has 0 spiro atoms. The molecule has 3 heterocycles. The van der Waals surface area contributed by atoms with Crippen molar-refractivity contribution in [1.82, 2.24) is 9.80 Å². The molecular formula is C30H44N4O4. The van der Waals surface area contributed by atoms with E-state index in [0.717, 1.165) is 82.5 Å². The zero-order chi connectivity index (χ0) is 26.8. The lowest BCUT2D eigenvalue weighted by Crippen LogP contribution is -2.47. The molecule has 2 N–H and O–H groups in total. The number of Topliss-reactive ketones (excluding diaryl/α,β-unsaturated/α-hetero) is 1. The molecule has 8 nitrogen and oxygen atoms in total. The van der Waals surface area contributed by atoms with Crippen LogP contribution in [0.3, 0.4) is 0 Å². The van der Waals surface area contributed by atoms with Gasteiger partial charge in [-0.2, -0.15) is 0 Å². The molecule has 208 valence electrons. The third-order valence-corrected chi connectivity index (χ3v) is 9.44. The SMILES string of the molecule is CCC[C@@H]1CN(C(=O)[C@H](c2cc(N3CCN(CC)CC3)ccc2C(N)=O)C2CCCCC2)[C@@H]2C(=O)CO[C@H]12. The molecule has 2 amide bonds. The van der Waals surface area contributed by atoms with E-state index in [4.69, 9.17) is 10.5 Å². The lowest BCUT2D eigenvalue weighted by Gasteiger charge is -2.37. The smallest absolute Gasteiger partial charge is 0.249 e. The molecule has 38 heavy (non-hydrogen) atoms. The number of hydrogen-bond acceptors (Lipinski definition) is 6. The Hall–Kier alpha value is -2.45. The van der Waals surface area contributed by atoms with Crippen molar-refractivity contribution in [3.8, 4) is 0 Å². The van der Waals surface area contributed by atoms with Crippen LogP contribution in [0.4, 0.5) is 5.69 Å². The molecular weight excluding hydrogens is 480 g/mol. The van der Waals surface area contributed by atoms with Crippen LogP contribution in [-0.2, 0) is 14.3 Å². The molecule has 4 fully saturated rings. The number of carbonyl (C=O) groups is 3. The Labute approximate surface area is 226 Å². The fraction of sp³-hybridized carbons (Fsp3) is 0.700. The summed E-state index contributed by atoms with van der Waals surface area (Å²) in [5, 5.41) is 0. The molecule has 4 aliphatic rings. The third kappa shape index (κ3) is 5.22. The highest BCUT2D eigenvalue weighted by molar-refractivity contribution is 5.99. The number of primary amides is 1. The summed E-state index contributed by atoms with van der Waals surface area (Å²) in [6.07, 6.45) is 6.90. The van der Waals surface area contributed by atoms with Crippen LogP contribution in [0.5, 0.6) is 0 Å². The van der Waals surface area contributed by atoms with Crippen LogP contribution in [0.25, 0.3) is 0 Å². The van der Waals surface area contributed by atoms with Crippen LogP contribution < -0.4 is 10.6 Å². The van der Waals surface area contributed by atoms with E-state index in [-0.39, 0.29) is 36.2 Å². The second kappa shape index (κ2) is 11.7. The number of nitrogens with two attached hydrogens (primary N) is 1. The fourth-order valence-electron chi connectivity index (χ4n) is 7.39. The first-order valence-corrected chi connectivity index (χ1v) is 14.8. The van der Waals surface area contributed by atoms with E-state index >= 15 is 0 Å². The highest BCUT2D eigenvalue weighted by Gasteiger charge is 2.53. The highest BCUT2D eigenvalue weighted by Crippen LogP contribution is 2.43. The Kier molecular flexibility index (Phi) is 8.38. The van der Waals surface area contributed by atoms with Crippen molar-refractivity contribution in [3.63, 3.8) is 0 Å². The molecule has 1 aliphatic carbocycles. The maximum atomic E-state index is 14.6.